The van der Waals surface area contributed by atoms with E-state index in [1.54, 1.807) is 19.1 Å². The Labute approximate surface area is 136 Å². The van der Waals surface area contributed by atoms with E-state index >= 15 is 0 Å². The minimum Gasteiger partial charge on any atom is -0.332 e. The lowest BCUT2D eigenvalue weighted by molar-refractivity contribution is -0.385. The fourth-order valence-corrected chi connectivity index (χ4v) is 2.08. The van der Waals surface area contributed by atoms with Gasteiger partial charge < -0.3 is 10.6 Å². The lowest BCUT2D eigenvalue weighted by atomic mass is 10.2. The van der Waals surface area contributed by atoms with Gasteiger partial charge in [-0.2, -0.15) is 0 Å². The molecular weight excluding hydrogens is 320 g/mol. The minimum atomic E-state index is -0.494. The SMILES string of the molecule is Cc1ccc(NC(=S)Nc2ccc([N+](=O)[O-])cc2)cc1[N+](=O)[O-]. The first kappa shape index (κ1) is 16.3. The zero-order valence-corrected chi connectivity index (χ0v) is 12.8. The average molecular weight is 332 g/mol. The molecule has 9 heteroatoms. The number of benzene rings is 2. The van der Waals surface area contributed by atoms with Gasteiger partial charge in [-0.1, -0.05) is 6.07 Å². The van der Waals surface area contributed by atoms with Gasteiger partial charge in [0.2, 0.25) is 0 Å². The molecule has 8 nitrogen and oxygen atoms in total. The van der Waals surface area contributed by atoms with Crippen molar-refractivity contribution in [3.8, 4) is 0 Å². The first-order valence-electron chi connectivity index (χ1n) is 6.44. The van der Waals surface area contributed by atoms with Crippen molar-refractivity contribution in [2.75, 3.05) is 10.6 Å². The third-order valence-corrected chi connectivity index (χ3v) is 3.20. The highest BCUT2D eigenvalue weighted by molar-refractivity contribution is 7.80. The average Bonchev–Trinajstić information content (AvgIpc) is 2.49. The van der Waals surface area contributed by atoms with E-state index in [1.807, 2.05) is 0 Å². The van der Waals surface area contributed by atoms with Crippen molar-refractivity contribution in [1.82, 2.24) is 0 Å². The van der Waals surface area contributed by atoms with E-state index in [2.05, 4.69) is 10.6 Å². The molecule has 0 fully saturated rings. The Hall–Kier alpha value is -3.07. The molecule has 0 aliphatic carbocycles. The maximum atomic E-state index is 10.9. The molecule has 0 aliphatic heterocycles. The maximum Gasteiger partial charge on any atom is 0.274 e. The van der Waals surface area contributed by atoms with Crippen LogP contribution >= 0.6 is 12.2 Å². The molecule has 0 unspecified atom stereocenters. The number of hydrogen-bond donors (Lipinski definition) is 2. The third kappa shape index (κ3) is 4.20. The largest absolute Gasteiger partial charge is 0.332 e. The van der Waals surface area contributed by atoms with Crippen LogP contribution in [-0.4, -0.2) is 15.0 Å². The van der Waals surface area contributed by atoms with Crippen LogP contribution in [0.5, 0.6) is 0 Å². The zero-order valence-electron chi connectivity index (χ0n) is 12.0. The Morgan fingerprint density at radius 3 is 2.09 bits per heavy atom. The summed E-state index contributed by atoms with van der Waals surface area (Å²) in [5.74, 6) is 0. The molecule has 0 spiro atoms. The lowest BCUT2D eigenvalue weighted by Gasteiger charge is -2.10. The summed E-state index contributed by atoms with van der Waals surface area (Å²) in [5.41, 5.74) is 1.56. The first-order valence-corrected chi connectivity index (χ1v) is 6.85. The van der Waals surface area contributed by atoms with Gasteiger partial charge in [-0.15, -0.1) is 0 Å². The van der Waals surface area contributed by atoms with Crippen LogP contribution in [0.3, 0.4) is 0 Å². The summed E-state index contributed by atoms with van der Waals surface area (Å²) in [4.78, 5) is 20.5. The van der Waals surface area contributed by atoms with Gasteiger partial charge >= 0.3 is 0 Å². The van der Waals surface area contributed by atoms with Gasteiger partial charge in [-0.05, 0) is 37.3 Å². The van der Waals surface area contributed by atoms with Crippen LogP contribution in [-0.2, 0) is 0 Å². The van der Waals surface area contributed by atoms with Gasteiger partial charge in [0.15, 0.2) is 5.11 Å². The Bertz CT molecular complexity index is 777. The summed E-state index contributed by atoms with van der Waals surface area (Å²) in [6.45, 7) is 1.65. The zero-order chi connectivity index (χ0) is 17.0. The van der Waals surface area contributed by atoms with E-state index in [1.165, 1.54) is 30.3 Å². The molecule has 0 aliphatic rings. The Balaban J connectivity index is 2.06. The molecule has 2 aromatic rings. The van der Waals surface area contributed by atoms with E-state index in [4.69, 9.17) is 12.2 Å². The molecule has 0 radical (unpaired) electrons. The van der Waals surface area contributed by atoms with Gasteiger partial charge in [0, 0.05) is 35.1 Å². The highest BCUT2D eigenvalue weighted by Crippen LogP contribution is 2.22. The van der Waals surface area contributed by atoms with E-state index in [-0.39, 0.29) is 16.5 Å². The van der Waals surface area contributed by atoms with E-state index in [0.717, 1.165) is 0 Å². The molecule has 2 N–H and O–H groups in total. The normalized spacial score (nSPS) is 9.96. The summed E-state index contributed by atoms with van der Waals surface area (Å²) in [6, 6.07) is 10.4. The third-order valence-electron chi connectivity index (χ3n) is 3.00. The van der Waals surface area contributed by atoms with Crippen LogP contribution in [0.1, 0.15) is 5.56 Å². The Morgan fingerprint density at radius 1 is 0.957 bits per heavy atom. The predicted molar refractivity (Wildman–Crippen MR) is 90.8 cm³/mol. The van der Waals surface area contributed by atoms with Crippen molar-refractivity contribution in [1.29, 1.82) is 0 Å². The number of nitro groups is 2. The van der Waals surface area contributed by atoms with Crippen LogP contribution in [0, 0.1) is 27.2 Å². The second-order valence-corrected chi connectivity index (χ2v) is 5.05. The van der Waals surface area contributed by atoms with E-state index in [9.17, 15) is 20.2 Å². The Kier molecular flexibility index (Phi) is 4.82. The van der Waals surface area contributed by atoms with E-state index in [0.29, 0.717) is 16.9 Å². The number of nitro benzene ring substituents is 2. The van der Waals surface area contributed by atoms with Gasteiger partial charge in [0.05, 0.1) is 9.85 Å². The summed E-state index contributed by atoms with van der Waals surface area (Å²) in [7, 11) is 0. The summed E-state index contributed by atoms with van der Waals surface area (Å²) in [6.07, 6.45) is 0. The van der Waals surface area contributed by atoms with Crippen LogP contribution in [0.25, 0.3) is 0 Å². The molecule has 0 atom stereocenters. The lowest BCUT2D eigenvalue weighted by Crippen LogP contribution is -2.19. The summed E-state index contributed by atoms with van der Waals surface area (Å²) >= 11 is 5.12. The second kappa shape index (κ2) is 6.79. The fourth-order valence-electron chi connectivity index (χ4n) is 1.84. The molecule has 0 heterocycles. The number of non-ortho nitro benzene ring substituents is 1. The standard InChI is InChI=1S/C14H12N4O4S/c1-9-2-3-11(8-13(9)18(21)22)16-14(23)15-10-4-6-12(7-5-10)17(19)20/h2-8H,1H3,(H2,15,16,23). The Morgan fingerprint density at radius 2 is 1.52 bits per heavy atom. The van der Waals surface area contributed by atoms with Crippen molar-refractivity contribution in [2.24, 2.45) is 0 Å². The van der Waals surface area contributed by atoms with Crippen molar-refractivity contribution in [2.45, 2.75) is 6.92 Å². The quantitative estimate of drug-likeness (QED) is 0.500. The van der Waals surface area contributed by atoms with Crippen LogP contribution in [0.2, 0.25) is 0 Å². The molecule has 0 aromatic heterocycles. The van der Waals surface area contributed by atoms with Crippen molar-refractivity contribution < 1.29 is 9.85 Å². The summed E-state index contributed by atoms with van der Waals surface area (Å²) in [5, 5.41) is 27.4. The molecule has 0 saturated carbocycles. The monoisotopic (exact) mass is 332 g/mol. The predicted octanol–water partition coefficient (Wildman–Crippen LogP) is 3.62. The smallest absolute Gasteiger partial charge is 0.274 e. The minimum absolute atomic E-state index is 0.00636. The first-order chi connectivity index (χ1) is 10.9. The van der Waals surface area contributed by atoms with Crippen LogP contribution < -0.4 is 10.6 Å². The number of hydrogen-bond acceptors (Lipinski definition) is 5. The highest BCUT2D eigenvalue weighted by atomic mass is 32.1. The van der Waals surface area contributed by atoms with Crippen molar-refractivity contribution in [3.05, 3.63) is 68.3 Å². The van der Waals surface area contributed by atoms with Crippen molar-refractivity contribution >= 4 is 40.1 Å². The number of anilines is 2. The molecular formula is C14H12N4O4S. The topological polar surface area (TPSA) is 110 Å². The fraction of sp³-hybridized carbons (Fsp3) is 0.0714. The van der Waals surface area contributed by atoms with E-state index < -0.39 is 9.85 Å². The molecule has 23 heavy (non-hydrogen) atoms. The second-order valence-electron chi connectivity index (χ2n) is 4.64. The van der Waals surface area contributed by atoms with Gasteiger partial charge in [0.25, 0.3) is 11.4 Å². The number of thiocarbonyl (C=S) groups is 1. The van der Waals surface area contributed by atoms with Gasteiger partial charge in [0.1, 0.15) is 0 Å². The number of rotatable bonds is 4. The van der Waals surface area contributed by atoms with Crippen LogP contribution in [0.15, 0.2) is 42.5 Å². The van der Waals surface area contributed by atoms with Crippen LogP contribution in [0.4, 0.5) is 22.7 Å². The highest BCUT2D eigenvalue weighted by Gasteiger charge is 2.11. The number of nitrogens with zero attached hydrogens (tertiary/aromatic N) is 2. The maximum absolute atomic E-state index is 10.9. The van der Waals surface area contributed by atoms with Crippen molar-refractivity contribution in [3.63, 3.8) is 0 Å². The summed E-state index contributed by atoms with van der Waals surface area (Å²) < 4.78 is 0. The number of nitrogens with one attached hydrogen (secondary N) is 2. The molecule has 0 amide bonds. The molecule has 0 bridgehead atoms. The van der Waals surface area contributed by atoms with Gasteiger partial charge in [-0.25, -0.2) is 0 Å². The number of aryl methyl sites for hydroxylation is 1. The molecule has 118 valence electrons. The molecule has 0 saturated heterocycles. The molecule has 2 rings (SSSR count). The van der Waals surface area contributed by atoms with Gasteiger partial charge in [-0.3, -0.25) is 20.2 Å². The molecule has 2 aromatic carbocycles.